The number of nitrogens with zero attached hydrogens (tertiary/aromatic N) is 2. The molecule has 1 aromatic carbocycles. The molecule has 0 N–H and O–H groups in total. The number of aryl methyl sites for hydroxylation is 1. The van der Waals surface area contributed by atoms with Gasteiger partial charge >= 0.3 is 11.1 Å². The summed E-state index contributed by atoms with van der Waals surface area (Å²) >= 11 is 3.42. The van der Waals surface area contributed by atoms with E-state index in [0.717, 1.165) is 10.0 Å². The summed E-state index contributed by atoms with van der Waals surface area (Å²) in [7, 11) is 3.13. The number of methoxy groups -OCH3 is 1. The highest BCUT2D eigenvalue weighted by molar-refractivity contribution is 9.10. The van der Waals surface area contributed by atoms with Crippen molar-refractivity contribution < 1.29 is 4.74 Å². The first-order valence-corrected chi connectivity index (χ1v) is 6.40. The van der Waals surface area contributed by atoms with Crippen molar-refractivity contribution in [2.45, 2.75) is 6.54 Å². The van der Waals surface area contributed by atoms with E-state index in [2.05, 4.69) is 15.9 Å². The van der Waals surface area contributed by atoms with Gasteiger partial charge in [-0.05, 0) is 23.8 Å². The lowest BCUT2D eigenvalue weighted by Gasteiger charge is -2.09. The predicted octanol–water partition coefficient (Wildman–Crippen LogP) is 1.37. The molecular formula is C13H13BrN2O3. The molecule has 0 fully saturated rings. The summed E-state index contributed by atoms with van der Waals surface area (Å²) < 4.78 is 8.65. The van der Waals surface area contributed by atoms with E-state index in [-0.39, 0.29) is 0 Å². The molecule has 0 spiro atoms. The summed E-state index contributed by atoms with van der Waals surface area (Å²) in [5.41, 5.74) is -0.212. The van der Waals surface area contributed by atoms with Gasteiger partial charge in [-0.2, -0.15) is 0 Å². The largest absolute Gasteiger partial charge is 0.497 e. The zero-order valence-corrected chi connectivity index (χ0v) is 12.2. The van der Waals surface area contributed by atoms with Crippen molar-refractivity contribution in [3.63, 3.8) is 0 Å². The second kappa shape index (κ2) is 5.44. The minimum Gasteiger partial charge on any atom is -0.497 e. The maximum absolute atomic E-state index is 11.8. The smallest absolute Gasteiger partial charge is 0.316 e. The van der Waals surface area contributed by atoms with Crippen LogP contribution in [0.1, 0.15) is 5.56 Å². The molecule has 100 valence electrons. The van der Waals surface area contributed by atoms with E-state index in [0.29, 0.717) is 12.3 Å². The molecule has 0 unspecified atom stereocenters. The van der Waals surface area contributed by atoms with Crippen molar-refractivity contribution in [2.24, 2.45) is 7.05 Å². The number of rotatable bonds is 3. The van der Waals surface area contributed by atoms with Gasteiger partial charge < -0.3 is 13.9 Å². The summed E-state index contributed by atoms with van der Waals surface area (Å²) in [6, 6.07) is 5.49. The maximum atomic E-state index is 11.8. The molecule has 0 saturated heterocycles. The van der Waals surface area contributed by atoms with Crippen LogP contribution in [-0.4, -0.2) is 16.2 Å². The van der Waals surface area contributed by atoms with Crippen LogP contribution in [0.5, 0.6) is 5.75 Å². The standard InChI is InChI=1S/C13H13BrN2O3/c1-15-5-6-16(13(18)12(15)17)8-9-7-10(19-2)3-4-11(9)14/h3-7H,8H2,1-2H3. The molecule has 1 heterocycles. The maximum Gasteiger partial charge on any atom is 0.316 e. The Morgan fingerprint density at radius 1 is 1.21 bits per heavy atom. The summed E-state index contributed by atoms with van der Waals surface area (Å²) in [4.78, 5) is 23.4. The molecule has 0 saturated carbocycles. The summed E-state index contributed by atoms with van der Waals surface area (Å²) in [5.74, 6) is 0.704. The van der Waals surface area contributed by atoms with Gasteiger partial charge in [-0.1, -0.05) is 15.9 Å². The highest BCUT2D eigenvalue weighted by atomic mass is 79.9. The van der Waals surface area contributed by atoms with Crippen LogP contribution in [0, 0.1) is 0 Å². The van der Waals surface area contributed by atoms with Crippen LogP contribution in [0.2, 0.25) is 0 Å². The Labute approximate surface area is 118 Å². The van der Waals surface area contributed by atoms with Crippen LogP contribution in [0.4, 0.5) is 0 Å². The fourth-order valence-corrected chi connectivity index (χ4v) is 2.07. The van der Waals surface area contributed by atoms with E-state index >= 15 is 0 Å². The summed E-state index contributed by atoms with van der Waals surface area (Å²) in [6.45, 7) is 0.312. The molecule has 0 bridgehead atoms. The number of halogens is 1. The van der Waals surface area contributed by atoms with Gasteiger partial charge in [0.1, 0.15) is 5.75 Å². The quantitative estimate of drug-likeness (QED) is 0.801. The Hall–Kier alpha value is -1.82. The average molecular weight is 325 g/mol. The van der Waals surface area contributed by atoms with Gasteiger partial charge in [-0.3, -0.25) is 9.59 Å². The Balaban J connectivity index is 2.45. The lowest BCUT2D eigenvalue weighted by Crippen LogP contribution is -2.39. The van der Waals surface area contributed by atoms with Gasteiger partial charge in [0.25, 0.3) is 0 Å². The predicted molar refractivity (Wildman–Crippen MR) is 75.7 cm³/mol. The third-order valence-corrected chi connectivity index (χ3v) is 3.60. The van der Waals surface area contributed by atoms with Gasteiger partial charge in [0.15, 0.2) is 0 Å². The Morgan fingerprint density at radius 3 is 2.63 bits per heavy atom. The topological polar surface area (TPSA) is 53.2 Å². The van der Waals surface area contributed by atoms with Gasteiger partial charge in [-0.15, -0.1) is 0 Å². The summed E-state index contributed by atoms with van der Waals surface area (Å²) in [6.07, 6.45) is 3.16. The molecule has 0 atom stereocenters. The third kappa shape index (κ3) is 2.78. The van der Waals surface area contributed by atoms with Crippen molar-refractivity contribution in [3.8, 4) is 5.75 Å². The van der Waals surface area contributed by atoms with E-state index in [1.807, 2.05) is 18.2 Å². The summed E-state index contributed by atoms with van der Waals surface area (Å²) in [5, 5.41) is 0. The van der Waals surface area contributed by atoms with E-state index in [4.69, 9.17) is 4.74 Å². The van der Waals surface area contributed by atoms with E-state index in [9.17, 15) is 9.59 Å². The molecule has 2 aromatic rings. The van der Waals surface area contributed by atoms with Gasteiger partial charge in [0.2, 0.25) is 0 Å². The number of aromatic nitrogens is 2. The first kappa shape index (κ1) is 13.6. The first-order chi connectivity index (χ1) is 9.02. The Morgan fingerprint density at radius 2 is 1.95 bits per heavy atom. The lowest BCUT2D eigenvalue weighted by molar-refractivity contribution is 0.414. The van der Waals surface area contributed by atoms with E-state index in [1.165, 1.54) is 9.13 Å². The Kier molecular flexibility index (Phi) is 3.90. The molecule has 19 heavy (non-hydrogen) atoms. The highest BCUT2D eigenvalue weighted by Crippen LogP contribution is 2.22. The lowest BCUT2D eigenvalue weighted by atomic mass is 10.2. The Bertz CT molecular complexity index is 719. The zero-order chi connectivity index (χ0) is 14.0. The molecule has 1 aromatic heterocycles. The first-order valence-electron chi connectivity index (χ1n) is 5.61. The average Bonchev–Trinajstić information content (AvgIpc) is 2.41. The molecule has 2 rings (SSSR count). The fourth-order valence-electron chi connectivity index (χ4n) is 1.70. The normalized spacial score (nSPS) is 10.5. The molecule has 0 amide bonds. The number of hydrogen-bond donors (Lipinski definition) is 0. The second-order valence-electron chi connectivity index (χ2n) is 4.10. The van der Waals surface area contributed by atoms with Crippen molar-refractivity contribution in [2.75, 3.05) is 7.11 Å². The van der Waals surface area contributed by atoms with Gasteiger partial charge in [0.05, 0.1) is 13.7 Å². The van der Waals surface area contributed by atoms with Crippen molar-refractivity contribution in [3.05, 3.63) is 61.3 Å². The fraction of sp³-hybridized carbons (Fsp3) is 0.231. The van der Waals surface area contributed by atoms with Crippen LogP contribution in [0.3, 0.4) is 0 Å². The third-order valence-electron chi connectivity index (χ3n) is 2.83. The number of hydrogen-bond acceptors (Lipinski definition) is 3. The minimum absolute atomic E-state index is 0.312. The molecule has 6 heteroatoms. The highest BCUT2D eigenvalue weighted by Gasteiger charge is 2.07. The van der Waals surface area contributed by atoms with Crippen molar-refractivity contribution in [1.82, 2.24) is 9.13 Å². The molecule has 0 aliphatic heterocycles. The second-order valence-corrected chi connectivity index (χ2v) is 4.96. The van der Waals surface area contributed by atoms with Crippen LogP contribution in [0.25, 0.3) is 0 Å². The molecular weight excluding hydrogens is 312 g/mol. The zero-order valence-electron chi connectivity index (χ0n) is 10.6. The molecule has 0 aliphatic carbocycles. The molecule has 0 radical (unpaired) electrons. The van der Waals surface area contributed by atoms with E-state index < -0.39 is 11.1 Å². The van der Waals surface area contributed by atoms with Crippen LogP contribution < -0.4 is 15.9 Å². The minimum atomic E-state index is -0.542. The van der Waals surface area contributed by atoms with E-state index in [1.54, 1.807) is 26.6 Å². The van der Waals surface area contributed by atoms with Crippen LogP contribution >= 0.6 is 15.9 Å². The monoisotopic (exact) mass is 324 g/mol. The SMILES string of the molecule is COc1ccc(Br)c(Cn2ccn(C)c(=O)c2=O)c1. The number of benzene rings is 1. The van der Waals surface area contributed by atoms with Crippen molar-refractivity contribution in [1.29, 1.82) is 0 Å². The molecule has 5 nitrogen and oxygen atoms in total. The van der Waals surface area contributed by atoms with Gasteiger partial charge in [0, 0.05) is 23.9 Å². The van der Waals surface area contributed by atoms with Crippen LogP contribution in [-0.2, 0) is 13.6 Å². The van der Waals surface area contributed by atoms with Crippen LogP contribution in [0.15, 0.2) is 44.7 Å². The number of ether oxygens (including phenoxy) is 1. The van der Waals surface area contributed by atoms with Crippen molar-refractivity contribution >= 4 is 15.9 Å². The molecule has 0 aliphatic rings. The van der Waals surface area contributed by atoms with Gasteiger partial charge in [-0.25, -0.2) is 0 Å².